The minimum atomic E-state index is -0.677. The minimum Gasteiger partial charge on any atom is -0.354 e. The molecule has 4 nitrogen and oxygen atoms in total. The van der Waals surface area contributed by atoms with E-state index in [2.05, 4.69) is 5.32 Å². The average molecular weight is 497 g/mol. The molecule has 0 fully saturated rings. The monoisotopic (exact) mass is 496 g/mol. The van der Waals surface area contributed by atoms with Gasteiger partial charge in [0.05, 0.1) is 6.42 Å². The number of carbonyl (C=O) groups excluding carboxylic acids is 2. The Bertz CT molecular complexity index is 1080. The molecule has 34 heavy (non-hydrogen) atoms. The zero-order valence-corrected chi connectivity index (χ0v) is 21.1. The molecule has 6 heteroatoms. The molecular weight excluding hydrogens is 467 g/mol. The normalized spacial score (nSPS) is 11.6. The van der Waals surface area contributed by atoms with Crippen LogP contribution >= 0.6 is 23.2 Å². The van der Waals surface area contributed by atoms with Crippen LogP contribution in [0.2, 0.25) is 10.0 Å². The lowest BCUT2D eigenvalue weighted by molar-refractivity contribution is -0.140. The van der Waals surface area contributed by atoms with Crippen molar-refractivity contribution in [1.29, 1.82) is 0 Å². The first kappa shape index (κ1) is 25.8. The van der Waals surface area contributed by atoms with E-state index in [9.17, 15) is 9.59 Å². The molecule has 0 radical (unpaired) electrons. The lowest BCUT2D eigenvalue weighted by Crippen LogP contribution is -2.51. The van der Waals surface area contributed by atoms with Gasteiger partial charge in [-0.3, -0.25) is 9.59 Å². The highest BCUT2D eigenvalue weighted by atomic mass is 35.5. The third-order valence-corrected chi connectivity index (χ3v) is 6.39. The first-order valence-corrected chi connectivity index (χ1v) is 12.2. The number of benzene rings is 3. The van der Waals surface area contributed by atoms with Crippen LogP contribution in [-0.4, -0.2) is 29.3 Å². The van der Waals surface area contributed by atoms with Crippen LogP contribution in [0.1, 0.15) is 35.6 Å². The SMILES string of the molecule is CCCNC(=O)[C@H](Cc1ccccc1)N(Cc1ccc(C)cc1)C(=O)Cc1c(Cl)cccc1Cl. The average Bonchev–Trinajstić information content (AvgIpc) is 2.84. The number of nitrogens with one attached hydrogen (secondary N) is 1. The van der Waals surface area contributed by atoms with E-state index in [0.29, 0.717) is 35.1 Å². The summed E-state index contributed by atoms with van der Waals surface area (Å²) in [6.45, 7) is 4.87. The van der Waals surface area contributed by atoms with E-state index in [1.165, 1.54) is 0 Å². The van der Waals surface area contributed by atoms with Gasteiger partial charge in [-0.15, -0.1) is 0 Å². The molecule has 1 N–H and O–H groups in total. The van der Waals surface area contributed by atoms with Gasteiger partial charge in [-0.2, -0.15) is 0 Å². The van der Waals surface area contributed by atoms with E-state index < -0.39 is 6.04 Å². The molecular formula is C28H30Cl2N2O2. The second-order valence-corrected chi connectivity index (χ2v) is 9.20. The Balaban J connectivity index is 1.98. The first-order valence-electron chi connectivity index (χ1n) is 11.5. The highest BCUT2D eigenvalue weighted by molar-refractivity contribution is 6.36. The lowest BCUT2D eigenvalue weighted by Gasteiger charge is -2.32. The molecule has 0 saturated heterocycles. The van der Waals surface area contributed by atoms with Crippen LogP contribution in [-0.2, 0) is 29.0 Å². The Hall–Kier alpha value is -2.82. The standard InChI is InChI=1S/C28H30Cl2N2O2/c1-3-16-31-28(34)26(17-21-8-5-4-6-9-21)32(19-22-14-12-20(2)13-15-22)27(33)18-23-24(29)10-7-11-25(23)30/h4-15,26H,3,16-19H2,1-2H3,(H,31,34)/t26-/m0/s1. The minimum absolute atomic E-state index is 0.0106. The van der Waals surface area contributed by atoms with Gasteiger partial charge in [-0.25, -0.2) is 0 Å². The van der Waals surface area contributed by atoms with E-state index in [-0.39, 0.29) is 18.2 Å². The van der Waals surface area contributed by atoms with Crippen LogP contribution < -0.4 is 5.32 Å². The highest BCUT2D eigenvalue weighted by Gasteiger charge is 2.30. The summed E-state index contributed by atoms with van der Waals surface area (Å²) in [5, 5.41) is 3.86. The predicted molar refractivity (Wildman–Crippen MR) is 139 cm³/mol. The molecule has 0 saturated carbocycles. The predicted octanol–water partition coefficient (Wildman–Crippen LogP) is 6.01. The van der Waals surface area contributed by atoms with Gasteiger partial charge in [-0.1, -0.05) is 96.4 Å². The Morgan fingerprint density at radius 1 is 0.882 bits per heavy atom. The molecule has 3 aromatic carbocycles. The zero-order valence-electron chi connectivity index (χ0n) is 19.6. The topological polar surface area (TPSA) is 49.4 Å². The Morgan fingerprint density at radius 2 is 1.53 bits per heavy atom. The van der Waals surface area contributed by atoms with Crippen molar-refractivity contribution in [1.82, 2.24) is 10.2 Å². The molecule has 0 aliphatic carbocycles. The molecule has 0 unspecified atom stereocenters. The van der Waals surface area contributed by atoms with Crippen LogP contribution in [0.5, 0.6) is 0 Å². The van der Waals surface area contributed by atoms with Gasteiger partial charge in [0.1, 0.15) is 6.04 Å². The smallest absolute Gasteiger partial charge is 0.243 e. The van der Waals surface area contributed by atoms with E-state index in [0.717, 1.165) is 23.1 Å². The molecule has 178 valence electrons. The number of hydrogen-bond donors (Lipinski definition) is 1. The lowest BCUT2D eigenvalue weighted by atomic mass is 10.0. The number of rotatable bonds is 10. The fourth-order valence-corrected chi connectivity index (χ4v) is 4.30. The third kappa shape index (κ3) is 7.09. The second kappa shape index (κ2) is 12.6. The van der Waals surface area contributed by atoms with Crippen LogP contribution in [0, 0.1) is 6.92 Å². The first-order chi connectivity index (χ1) is 16.4. The van der Waals surface area contributed by atoms with Crippen LogP contribution in [0.15, 0.2) is 72.8 Å². The summed E-state index contributed by atoms with van der Waals surface area (Å²) in [4.78, 5) is 28.7. The highest BCUT2D eigenvalue weighted by Crippen LogP contribution is 2.26. The summed E-state index contributed by atoms with van der Waals surface area (Å²) in [6.07, 6.45) is 1.23. The third-order valence-electron chi connectivity index (χ3n) is 5.68. The van der Waals surface area contributed by atoms with E-state index >= 15 is 0 Å². The molecule has 2 amide bonds. The largest absolute Gasteiger partial charge is 0.354 e. The summed E-state index contributed by atoms with van der Waals surface area (Å²) < 4.78 is 0. The number of aryl methyl sites for hydroxylation is 1. The number of nitrogens with zero attached hydrogens (tertiary/aromatic N) is 1. The van der Waals surface area contributed by atoms with Crippen molar-refractivity contribution in [2.45, 2.75) is 45.7 Å². The molecule has 3 aromatic rings. The summed E-state index contributed by atoms with van der Waals surface area (Å²) >= 11 is 12.7. The van der Waals surface area contributed by atoms with Crippen molar-refractivity contribution in [2.75, 3.05) is 6.54 Å². The van der Waals surface area contributed by atoms with E-state index in [1.807, 2.05) is 68.4 Å². The van der Waals surface area contributed by atoms with Crippen LogP contribution in [0.4, 0.5) is 0 Å². The van der Waals surface area contributed by atoms with E-state index in [4.69, 9.17) is 23.2 Å². The molecule has 3 rings (SSSR count). The number of amides is 2. The van der Waals surface area contributed by atoms with Gasteiger partial charge < -0.3 is 10.2 Å². The van der Waals surface area contributed by atoms with Gasteiger partial charge in [0.15, 0.2) is 0 Å². The maximum Gasteiger partial charge on any atom is 0.243 e. The van der Waals surface area contributed by atoms with Crippen LogP contribution in [0.25, 0.3) is 0 Å². The van der Waals surface area contributed by atoms with Gasteiger partial charge in [-0.05, 0) is 42.2 Å². The summed E-state index contributed by atoms with van der Waals surface area (Å²) in [5.41, 5.74) is 3.63. The maximum atomic E-state index is 13.7. The summed E-state index contributed by atoms with van der Waals surface area (Å²) in [6, 6.07) is 22.2. The molecule has 0 heterocycles. The maximum absolute atomic E-state index is 13.7. The number of carbonyl (C=O) groups is 2. The van der Waals surface area contributed by atoms with Crippen molar-refractivity contribution in [2.24, 2.45) is 0 Å². The van der Waals surface area contributed by atoms with Crippen molar-refractivity contribution in [3.8, 4) is 0 Å². The van der Waals surface area contributed by atoms with Crippen molar-refractivity contribution in [3.05, 3.63) is 105 Å². The van der Waals surface area contributed by atoms with Crippen molar-refractivity contribution < 1.29 is 9.59 Å². The van der Waals surface area contributed by atoms with Crippen LogP contribution in [0.3, 0.4) is 0 Å². The van der Waals surface area contributed by atoms with Gasteiger partial charge in [0.2, 0.25) is 11.8 Å². The fourth-order valence-electron chi connectivity index (χ4n) is 3.76. The fraction of sp³-hybridized carbons (Fsp3) is 0.286. The summed E-state index contributed by atoms with van der Waals surface area (Å²) in [7, 11) is 0. The Morgan fingerprint density at radius 3 is 2.15 bits per heavy atom. The number of hydrogen-bond acceptors (Lipinski definition) is 2. The van der Waals surface area contributed by atoms with Crippen molar-refractivity contribution in [3.63, 3.8) is 0 Å². The molecule has 0 aliphatic rings. The number of halogens is 2. The Kier molecular flexibility index (Phi) is 9.55. The quantitative estimate of drug-likeness (QED) is 0.373. The molecule has 0 spiro atoms. The van der Waals surface area contributed by atoms with Gasteiger partial charge >= 0.3 is 0 Å². The Labute approximate surface area is 211 Å². The van der Waals surface area contributed by atoms with Gasteiger partial charge in [0, 0.05) is 29.6 Å². The van der Waals surface area contributed by atoms with Gasteiger partial charge in [0.25, 0.3) is 0 Å². The molecule has 1 atom stereocenters. The molecule has 0 bridgehead atoms. The molecule has 0 aliphatic heterocycles. The molecule has 0 aromatic heterocycles. The zero-order chi connectivity index (χ0) is 24.5. The second-order valence-electron chi connectivity index (χ2n) is 8.38. The summed E-state index contributed by atoms with van der Waals surface area (Å²) in [5.74, 6) is -0.375. The van der Waals surface area contributed by atoms with E-state index in [1.54, 1.807) is 23.1 Å². The van der Waals surface area contributed by atoms with Crippen molar-refractivity contribution >= 4 is 35.0 Å².